The number of alkyl carbamates (subject to hydrolysis) is 2. The van der Waals surface area contributed by atoms with Gasteiger partial charge in [-0.25, -0.2) is 9.59 Å². The van der Waals surface area contributed by atoms with E-state index in [0.29, 0.717) is 32.2 Å². The summed E-state index contributed by atoms with van der Waals surface area (Å²) in [7, 11) is 0. The van der Waals surface area contributed by atoms with Gasteiger partial charge in [0.25, 0.3) is 0 Å². The van der Waals surface area contributed by atoms with Crippen LogP contribution in [-0.2, 0) is 33.4 Å². The van der Waals surface area contributed by atoms with E-state index in [4.69, 9.17) is 14.6 Å². The minimum absolute atomic E-state index is 0.00341. The Labute approximate surface area is 401 Å². The van der Waals surface area contributed by atoms with E-state index in [-0.39, 0.29) is 48.2 Å². The Kier molecular flexibility index (Phi) is 28.1. The van der Waals surface area contributed by atoms with Crippen LogP contribution in [0, 0.1) is 11.8 Å². The van der Waals surface area contributed by atoms with Crippen molar-refractivity contribution in [2.75, 3.05) is 25.0 Å². The number of hydrogen-bond acceptors (Lipinski definition) is 10. The first-order chi connectivity index (χ1) is 31.4. The highest BCUT2D eigenvalue weighted by molar-refractivity contribution is 9.09. The number of Topliss-reactive ketones (excluding diaryl/α,β-unsaturated/α-hetero) is 2. The van der Waals surface area contributed by atoms with Gasteiger partial charge in [-0.05, 0) is 106 Å². The molecule has 0 saturated heterocycles. The second kappa shape index (κ2) is 29.7. The maximum absolute atomic E-state index is 12.7. The molecule has 2 rings (SSSR count). The summed E-state index contributed by atoms with van der Waals surface area (Å²) in [6.45, 7) is 9.67. The van der Waals surface area contributed by atoms with Crippen molar-refractivity contribution in [3.8, 4) is 0 Å². The van der Waals surface area contributed by atoms with Gasteiger partial charge in [-0.2, -0.15) is 52.7 Å². The third-order valence-electron chi connectivity index (χ3n) is 9.78. The molecule has 5 N–H and O–H groups in total. The molecular formula is C42H65BrF12N4O10. The zero-order valence-electron chi connectivity index (χ0n) is 39.2. The molecule has 2 fully saturated rings. The van der Waals surface area contributed by atoms with Gasteiger partial charge in [-0.3, -0.25) is 19.2 Å². The van der Waals surface area contributed by atoms with Gasteiger partial charge in [0.15, 0.2) is 11.6 Å². The summed E-state index contributed by atoms with van der Waals surface area (Å²) in [5, 5.41) is 18.3. The molecule has 0 heterocycles. The lowest BCUT2D eigenvalue weighted by Crippen LogP contribution is -2.48. The molecule has 14 nitrogen and oxygen atoms in total. The number of aliphatic hydroxyl groups is 1. The first-order valence-electron chi connectivity index (χ1n) is 22.1. The second-order valence-corrected chi connectivity index (χ2v) is 18.8. The van der Waals surface area contributed by atoms with E-state index in [2.05, 4.69) is 41.9 Å². The van der Waals surface area contributed by atoms with Gasteiger partial charge < -0.3 is 40.6 Å². The molecule has 0 spiro atoms. The average molecular weight is 1090 g/mol. The lowest BCUT2D eigenvalue weighted by molar-refractivity contribution is -0.319. The summed E-state index contributed by atoms with van der Waals surface area (Å²) in [6.07, 6.45) is -22.8. The first-order valence-corrected chi connectivity index (χ1v) is 23.2. The van der Waals surface area contributed by atoms with Crippen molar-refractivity contribution in [1.29, 1.82) is 0 Å². The Morgan fingerprint density at radius 2 is 0.884 bits per heavy atom. The summed E-state index contributed by atoms with van der Waals surface area (Å²) < 4.78 is 156. The lowest BCUT2D eigenvalue weighted by atomic mass is 10.0. The molecule has 0 aromatic carbocycles. The molecule has 0 bridgehead atoms. The fourth-order valence-electron chi connectivity index (χ4n) is 6.46. The van der Waals surface area contributed by atoms with Gasteiger partial charge >= 0.3 is 36.9 Å². The van der Waals surface area contributed by atoms with Gasteiger partial charge in [0.1, 0.15) is 17.8 Å². The quantitative estimate of drug-likeness (QED) is 0.0445. The van der Waals surface area contributed by atoms with Crippen molar-refractivity contribution in [3.63, 3.8) is 0 Å². The molecule has 2 saturated carbocycles. The van der Waals surface area contributed by atoms with Crippen LogP contribution in [0.4, 0.5) is 62.3 Å². The topological polar surface area (TPSA) is 198 Å². The normalized spacial score (nSPS) is 16.1. The van der Waals surface area contributed by atoms with Crippen LogP contribution in [0.3, 0.4) is 0 Å². The summed E-state index contributed by atoms with van der Waals surface area (Å²) in [4.78, 5) is 72.3. The van der Waals surface area contributed by atoms with Gasteiger partial charge in [0.05, 0.1) is 17.4 Å². The average Bonchev–Trinajstić information content (AvgIpc) is 3.93. The number of aliphatic hydroxyl groups excluding tert-OH is 1. The van der Waals surface area contributed by atoms with Crippen molar-refractivity contribution in [1.82, 2.24) is 21.3 Å². The number of amides is 4. The van der Waals surface area contributed by atoms with Crippen LogP contribution in [0.2, 0.25) is 0 Å². The molecule has 0 aliphatic heterocycles. The molecule has 0 unspecified atom stereocenters. The van der Waals surface area contributed by atoms with Crippen molar-refractivity contribution >= 4 is 51.5 Å². The Balaban J connectivity index is 0.00000115. The van der Waals surface area contributed by atoms with Crippen LogP contribution in [0.25, 0.3) is 0 Å². The number of ether oxygens (including phenoxy) is 3. The highest BCUT2D eigenvalue weighted by atomic mass is 79.9. The number of alkyl halides is 13. The highest BCUT2D eigenvalue weighted by Crippen LogP contribution is 2.36. The zero-order valence-corrected chi connectivity index (χ0v) is 40.8. The summed E-state index contributed by atoms with van der Waals surface area (Å²) >= 11 is 3.18. The second-order valence-electron chi connectivity index (χ2n) is 18.3. The monoisotopic (exact) mass is 1090 g/mol. The SMILES string of the molecule is CC(C)(C)OC(=O)NCCCC[C@H](NC(=O)C1CCCC1)C(=O)CBr.CC(C)(C)OC(=O)NCCCC[C@H](NC(=O)C1CCCC1)C(=O)COC(C(F)(F)F)C(F)(F)F.OC(C(F)(F)F)C(F)(F)F. The third-order valence-corrected chi connectivity index (χ3v) is 10.3. The van der Waals surface area contributed by atoms with Crippen LogP contribution in [0.15, 0.2) is 0 Å². The number of ketones is 2. The maximum Gasteiger partial charge on any atom is 0.423 e. The fraction of sp³-hybridized carbons (Fsp3) is 0.857. The molecule has 0 aromatic rings. The Hall–Kier alpha value is -3.62. The molecule has 0 radical (unpaired) electrons. The van der Waals surface area contributed by atoms with Crippen LogP contribution in [-0.4, -0.2) is 126 Å². The molecule has 2 aliphatic carbocycles. The van der Waals surface area contributed by atoms with E-state index in [1.165, 1.54) is 0 Å². The first kappa shape index (κ1) is 65.4. The number of halogens is 13. The van der Waals surface area contributed by atoms with Crippen LogP contribution in [0.5, 0.6) is 0 Å². The van der Waals surface area contributed by atoms with Gasteiger partial charge in [-0.1, -0.05) is 41.6 Å². The molecule has 0 aromatic heterocycles. The zero-order chi connectivity index (χ0) is 53.6. The van der Waals surface area contributed by atoms with E-state index in [0.717, 1.165) is 51.4 Å². The highest BCUT2D eigenvalue weighted by Gasteiger charge is 2.58. The standard InChI is InChI=1S/C21H32F6N2O5.C18H31BrN2O4.C3H2F6O/c1-19(2,3)34-18(32)28-11-7-6-10-14(29-16(31)13-8-4-5-9-13)15(30)12-33-17(20(22,23)24)21(25,26)27;1-18(2,3)25-17(24)20-11-7-6-10-14(15(22)12-19)21-16(23)13-8-4-5-9-13;4-2(5,6)1(10)3(7,8)9/h13-14,17H,4-12H2,1-3H3,(H,28,32)(H,29,31);13-14H,4-12H2,1-3H3,(H,20,24)(H,21,23);1,10H/t2*14-;/m00./s1. The van der Waals surface area contributed by atoms with E-state index in [1.807, 2.05) is 20.8 Å². The molecule has 2 atom stereocenters. The van der Waals surface area contributed by atoms with Crippen molar-refractivity contribution in [3.05, 3.63) is 0 Å². The summed E-state index contributed by atoms with van der Waals surface area (Å²) in [5.41, 5.74) is -1.21. The van der Waals surface area contributed by atoms with Crippen molar-refractivity contribution in [2.24, 2.45) is 11.8 Å². The van der Waals surface area contributed by atoms with E-state index < -0.39 is 90.7 Å². The lowest BCUT2D eigenvalue weighted by Gasteiger charge is -2.25. The Bertz CT molecular complexity index is 1560. The van der Waals surface area contributed by atoms with E-state index in [9.17, 15) is 81.5 Å². The minimum Gasteiger partial charge on any atom is -0.444 e. The molecule has 2 aliphatic rings. The smallest absolute Gasteiger partial charge is 0.423 e. The van der Waals surface area contributed by atoms with Gasteiger partial charge in [-0.15, -0.1) is 0 Å². The van der Waals surface area contributed by atoms with Crippen LogP contribution >= 0.6 is 15.9 Å². The van der Waals surface area contributed by atoms with Crippen LogP contribution < -0.4 is 21.3 Å². The van der Waals surface area contributed by atoms with E-state index >= 15 is 0 Å². The molecule has 404 valence electrons. The molecular weight excluding hydrogens is 1030 g/mol. The molecule has 27 heteroatoms. The fourth-order valence-corrected chi connectivity index (χ4v) is 6.85. The third kappa shape index (κ3) is 30.0. The van der Waals surface area contributed by atoms with Crippen LogP contribution in [0.1, 0.15) is 131 Å². The number of unbranched alkanes of at least 4 members (excludes halogenated alkanes) is 2. The number of carbonyl (C=O) groups excluding carboxylic acids is 6. The van der Waals surface area contributed by atoms with Gasteiger partial charge in [0.2, 0.25) is 24.0 Å². The summed E-state index contributed by atoms with van der Waals surface area (Å²) in [5.74, 6) is -1.87. The molecule has 69 heavy (non-hydrogen) atoms. The molecule has 4 amide bonds. The van der Waals surface area contributed by atoms with Crippen molar-refractivity contribution in [2.45, 2.75) is 192 Å². The number of hydrogen-bond donors (Lipinski definition) is 5. The number of nitrogens with one attached hydrogen (secondary N) is 4. The summed E-state index contributed by atoms with van der Waals surface area (Å²) in [6, 6.07) is -1.76. The Morgan fingerprint density at radius 1 is 0.551 bits per heavy atom. The number of rotatable bonds is 20. The predicted octanol–water partition coefficient (Wildman–Crippen LogP) is 9.23. The Morgan fingerprint density at radius 3 is 1.16 bits per heavy atom. The predicted molar refractivity (Wildman–Crippen MR) is 228 cm³/mol. The van der Waals surface area contributed by atoms with Crippen molar-refractivity contribution < 1.29 is 101 Å². The number of carbonyl (C=O) groups is 6. The van der Waals surface area contributed by atoms with E-state index in [1.54, 1.807) is 20.8 Å². The maximum atomic E-state index is 12.7. The minimum atomic E-state index is -5.74. The largest absolute Gasteiger partial charge is 0.444 e. The van der Waals surface area contributed by atoms with Gasteiger partial charge in [0, 0.05) is 24.9 Å².